The lowest BCUT2D eigenvalue weighted by atomic mass is 10.1. The zero-order chi connectivity index (χ0) is 20.1. The minimum Gasteiger partial charge on any atom is -0.497 e. The second-order valence-electron chi connectivity index (χ2n) is 6.67. The number of aromatic nitrogens is 2. The first-order chi connectivity index (χ1) is 14.2. The van der Waals surface area contributed by atoms with E-state index in [4.69, 9.17) is 9.47 Å². The van der Waals surface area contributed by atoms with Gasteiger partial charge in [-0.25, -0.2) is 4.98 Å². The van der Waals surface area contributed by atoms with Crippen molar-refractivity contribution in [1.82, 2.24) is 9.55 Å². The van der Waals surface area contributed by atoms with Gasteiger partial charge < -0.3 is 19.4 Å². The first-order valence-electron chi connectivity index (χ1n) is 9.45. The molecule has 0 amide bonds. The van der Waals surface area contributed by atoms with E-state index in [0.29, 0.717) is 6.54 Å². The van der Waals surface area contributed by atoms with Crippen molar-refractivity contribution in [3.8, 4) is 28.5 Å². The molecule has 146 valence electrons. The van der Waals surface area contributed by atoms with Gasteiger partial charge in [0.25, 0.3) is 0 Å². The molecule has 0 aliphatic carbocycles. The highest BCUT2D eigenvalue weighted by Crippen LogP contribution is 2.25. The van der Waals surface area contributed by atoms with Crippen LogP contribution in [0.2, 0.25) is 0 Å². The molecule has 0 atom stereocenters. The van der Waals surface area contributed by atoms with Gasteiger partial charge in [-0.3, -0.25) is 0 Å². The quantitative estimate of drug-likeness (QED) is 0.456. The Kier molecular flexibility index (Phi) is 5.47. The number of para-hydroxylation sites is 1. The molecule has 5 nitrogen and oxygen atoms in total. The van der Waals surface area contributed by atoms with Crippen LogP contribution in [0.4, 0.5) is 5.95 Å². The summed E-state index contributed by atoms with van der Waals surface area (Å²) in [7, 11) is 3.67. The number of imidazole rings is 1. The van der Waals surface area contributed by atoms with Crippen LogP contribution in [0.1, 0.15) is 5.56 Å². The second kappa shape index (κ2) is 8.52. The zero-order valence-electron chi connectivity index (χ0n) is 16.5. The SMILES string of the molecule is COc1ccc(-c2cnc(NCc3cccc(Oc4ccccc4)c3)n2C)cc1. The molecule has 3 aromatic carbocycles. The first-order valence-corrected chi connectivity index (χ1v) is 9.45. The van der Waals surface area contributed by atoms with E-state index in [1.807, 2.05) is 90.6 Å². The molecule has 4 aromatic rings. The van der Waals surface area contributed by atoms with Crippen LogP contribution < -0.4 is 14.8 Å². The van der Waals surface area contributed by atoms with Crippen LogP contribution in [0.3, 0.4) is 0 Å². The van der Waals surface area contributed by atoms with E-state index in [2.05, 4.69) is 16.4 Å². The number of rotatable bonds is 7. The highest BCUT2D eigenvalue weighted by Gasteiger charge is 2.09. The summed E-state index contributed by atoms with van der Waals surface area (Å²) < 4.78 is 13.2. The highest BCUT2D eigenvalue weighted by molar-refractivity contribution is 5.62. The molecule has 0 spiro atoms. The third-order valence-corrected chi connectivity index (χ3v) is 4.70. The van der Waals surface area contributed by atoms with Crippen LogP contribution in [-0.2, 0) is 13.6 Å². The maximum absolute atomic E-state index is 5.92. The van der Waals surface area contributed by atoms with E-state index in [1.165, 1.54) is 0 Å². The number of benzene rings is 3. The first kappa shape index (κ1) is 18.6. The summed E-state index contributed by atoms with van der Waals surface area (Å²) in [5.74, 6) is 3.29. The Bertz CT molecular complexity index is 1070. The molecule has 29 heavy (non-hydrogen) atoms. The van der Waals surface area contributed by atoms with E-state index in [9.17, 15) is 0 Å². The minimum atomic E-state index is 0.652. The van der Waals surface area contributed by atoms with Gasteiger partial charge in [0.05, 0.1) is 19.0 Å². The third-order valence-electron chi connectivity index (χ3n) is 4.70. The third kappa shape index (κ3) is 4.41. The van der Waals surface area contributed by atoms with Crippen molar-refractivity contribution in [2.24, 2.45) is 7.05 Å². The average Bonchev–Trinajstić information content (AvgIpc) is 3.13. The van der Waals surface area contributed by atoms with E-state index in [0.717, 1.165) is 40.0 Å². The molecule has 0 fully saturated rings. The van der Waals surface area contributed by atoms with Crippen molar-refractivity contribution in [2.45, 2.75) is 6.54 Å². The summed E-state index contributed by atoms with van der Waals surface area (Å²) in [6, 6.07) is 25.8. The van der Waals surface area contributed by atoms with Crippen molar-refractivity contribution in [1.29, 1.82) is 0 Å². The smallest absolute Gasteiger partial charge is 0.203 e. The predicted octanol–water partition coefficient (Wildman–Crippen LogP) is 5.50. The van der Waals surface area contributed by atoms with Crippen molar-refractivity contribution < 1.29 is 9.47 Å². The van der Waals surface area contributed by atoms with Crippen LogP contribution in [0.15, 0.2) is 85.1 Å². The van der Waals surface area contributed by atoms with Gasteiger partial charge in [-0.2, -0.15) is 0 Å². The summed E-state index contributed by atoms with van der Waals surface area (Å²) in [5.41, 5.74) is 3.25. The van der Waals surface area contributed by atoms with Gasteiger partial charge in [-0.05, 0) is 54.1 Å². The number of ether oxygens (including phenoxy) is 2. The molecule has 1 aromatic heterocycles. The Balaban J connectivity index is 1.44. The van der Waals surface area contributed by atoms with Crippen molar-refractivity contribution >= 4 is 5.95 Å². The molecule has 0 saturated carbocycles. The maximum atomic E-state index is 5.92. The number of anilines is 1. The second-order valence-corrected chi connectivity index (χ2v) is 6.67. The van der Waals surface area contributed by atoms with Gasteiger partial charge in [-0.1, -0.05) is 30.3 Å². The van der Waals surface area contributed by atoms with Gasteiger partial charge in [0.15, 0.2) is 0 Å². The average molecular weight is 385 g/mol. The van der Waals surface area contributed by atoms with E-state index >= 15 is 0 Å². The molecule has 1 heterocycles. The Hall–Kier alpha value is -3.73. The Labute approximate surface area is 170 Å². The fraction of sp³-hybridized carbons (Fsp3) is 0.125. The Morgan fingerprint density at radius 2 is 1.62 bits per heavy atom. The molecule has 0 radical (unpaired) electrons. The van der Waals surface area contributed by atoms with Gasteiger partial charge in [-0.15, -0.1) is 0 Å². The molecule has 0 bridgehead atoms. The van der Waals surface area contributed by atoms with Gasteiger partial charge >= 0.3 is 0 Å². The molecular weight excluding hydrogens is 362 g/mol. The molecule has 1 N–H and O–H groups in total. The molecule has 4 rings (SSSR count). The topological polar surface area (TPSA) is 48.3 Å². The lowest BCUT2D eigenvalue weighted by Crippen LogP contribution is -2.05. The highest BCUT2D eigenvalue weighted by atomic mass is 16.5. The fourth-order valence-electron chi connectivity index (χ4n) is 3.13. The summed E-state index contributed by atoms with van der Waals surface area (Å²) in [6.45, 7) is 0.652. The molecular formula is C24H23N3O2. The van der Waals surface area contributed by atoms with Gasteiger partial charge in [0.2, 0.25) is 5.95 Å². The molecule has 0 aliphatic heterocycles. The minimum absolute atomic E-state index is 0.652. The Morgan fingerprint density at radius 1 is 0.862 bits per heavy atom. The zero-order valence-corrected chi connectivity index (χ0v) is 16.5. The van der Waals surface area contributed by atoms with E-state index in [1.54, 1.807) is 7.11 Å². The monoisotopic (exact) mass is 385 g/mol. The van der Waals surface area contributed by atoms with Crippen molar-refractivity contribution in [3.05, 3.63) is 90.6 Å². The number of nitrogens with zero attached hydrogens (tertiary/aromatic N) is 2. The Morgan fingerprint density at radius 3 is 2.38 bits per heavy atom. The summed E-state index contributed by atoms with van der Waals surface area (Å²) in [6.07, 6.45) is 1.87. The van der Waals surface area contributed by atoms with Crippen LogP contribution in [0.5, 0.6) is 17.2 Å². The number of nitrogens with one attached hydrogen (secondary N) is 1. The van der Waals surface area contributed by atoms with Crippen LogP contribution in [-0.4, -0.2) is 16.7 Å². The lowest BCUT2D eigenvalue weighted by molar-refractivity contribution is 0.415. The van der Waals surface area contributed by atoms with Crippen molar-refractivity contribution in [3.63, 3.8) is 0 Å². The molecule has 0 unspecified atom stereocenters. The summed E-state index contributed by atoms with van der Waals surface area (Å²) >= 11 is 0. The summed E-state index contributed by atoms with van der Waals surface area (Å²) in [4.78, 5) is 4.53. The number of hydrogen-bond acceptors (Lipinski definition) is 4. The van der Waals surface area contributed by atoms with E-state index in [-0.39, 0.29) is 0 Å². The summed E-state index contributed by atoms with van der Waals surface area (Å²) in [5, 5.41) is 3.40. The lowest BCUT2D eigenvalue weighted by Gasteiger charge is -2.10. The molecule has 0 saturated heterocycles. The van der Waals surface area contributed by atoms with Crippen LogP contribution >= 0.6 is 0 Å². The van der Waals surface area contributed by atoms with Crippen molar-refractivity contribution in [2.75, 3.05) is 12.4 Å². The normalized spacial score (nSPS) is 10.6. The van der Waals surface area contributed by atoms with Gasteiger partial charge in [0, 0.05) is 19.2 Å². The number of hydrogen-bond donors (Lipinski definition) is 1. The molecule has 0 aliphatic rings. The van der Waals surface area contributed by atoms with Gasteiger partial charge in [0.1, 0.15) is 17.2 Å². The van der Waals surface area contributed by atoms with Crippen LogP contribution in [0.25, 0.3) is 11.3 Å². The number of methoxy groups -OCH3 is 1. The fourth-order valence-corrected chi connectivity index (χ4v) is 3.13. The van der Waals surface area contributed by atoms with E-state index < -0.39 is 0 Å². The maximum Gasteiger partial charge on any atom is 0.203 e. The predicted molar refractivity (Wildman–Crippen MR) is 115 cm³/mol. The standard InChI is InChI=1S/C24H23N3O2/c1-27-23(19-11-13-20(28-2)14-12-19)17-26-24(27)25-16-18-7-6-10-22(15-18)29-21-8-4-3-5-9-21/h3-15,17H,16H2,1-2H3,(H,25,26). The van der Waals surface area contributed by atoms with Crippen LogP contribution in [0, 0.1) is 0 Å². The molecule has 5 heteroatoms. The largest absolute Gasteiger partial charge is 0.497 e.